The van der Waals surface area contributed by atoms with E-state index >= 15 is 0 Å². The van der Waals surface area contributed by atoms with Crippen LogP contribution in [0, 0.1) is 5.92 Å². The average Bonchev–Trinajstić information content (AvgIpc) is 2.72. The van der Waals surface area contributed by atoms with E-state index in [-0.39, 0.29) is 24.5 Å². The molecule has 2 aliphatic heterocycles. The molecule has 0 aliphatic carbocycles. The molecule has 0 radical (unpaired) electrons. The van der Waals surface area contributed by atoms with Gasteiger partial charge in [-0.1, -0.05) is 13.8 Å². The molecule has 2 aliphatic rings. The van der Waals surface area contributed by atoms with E-state index in [9.17, 15) is 8.78 Å². The van der Waals surface area contributed by atoms with E-state index in [0.29, 0.717) is 6.42 Å². The van der Waals surface area contributed by atoms with Crippen LogP contribution in [0.4, 0.5) is 8.78 Å². The van der Waals surface area contributed by atoms with E-state index in [4.69, 9.17) is 2.74 Å². The molecule has 2 heterocycles. The van der Waals surface area contributed by atoms with E-state index in [2.05, 4.69) is 0 Å². The second-order valence-electron chi connectivity index (χ2n) is 4.90. The van der Waals surface area contributed by atoms with Gasteiger partial charge in [-0.2, -0.15) is 8.78 Å². The van der Waals surface area contributed by atoms with Crippen LogP contribution < -0.4 is 0 Å². The summed E-state index contributed by atoms with van der Waals surface area (Å²) in [4.78, 5) is 1.93. The SMILES string of the molecule is [2H]C([2H])(C(C)C)[C@@]12CCCN1CC(=C(F)F)C2. The highest BCUT2D eigenvalue weighted by Gasteiger charge is 2.47. The average molecular weight is 217 g/mol. The summed E-state index contributed by atoms with van der Waals surface area (Å²) in [6.07, 6.45) is -1.23. The van der Waals surface area contributed by atoms with Gasteiger partial charge < -0.3 is 0 Å². The van der Waals surface area contributed by atoms with Crippen LogP contribution in [-0.2, 0) is 0 Å². The molecule has 0 N–H and O–H groups in total. The monoisotopic (exact) mass is 217 g/mol. The van der Waals surface area contributed by atoms with E-state index in [1.165, 1.54) is 0 Å². The number of fused-ring (bicyclic) bond motifs is 1. The largest absolute Gasteiger partial charge is 0.293 e. The van der Waals surface area contributed by atoms with Gasteiger partial charge in [0.1, 0.15) is 0 Å². The van der Waals surface area contributed by atoms with Gasteiger partial charge >= 0.3 is 0 Å². The van der Waals surface area contributed by atoms with Gasteiger partial charge in [-0.3, -0.25) is 4.90 Å². The van der Waals surface area contributed by atoms with Crippen molar-refractivity contribution in [2.24, 2.45) is 5.92 Å². The third-order valence-electron chi connectivity index (χ3n) is 3.34. The fourth-order valence-corrected chi connectivity index (χ4v) is 2.88. The molecule has 0 bridgehead atoms. The van der Waals surface area contributed by atoms with Gasteiger partial charge in [-0.25, -0.2) is 0 Å². The molecular formula is C12H19F2N. The Morgan fingerprint density at radius 1 is 1.60 bits per heavy atom. The van der Waals surface area contributed by atoms with Gasteiger partial charge in [0.2, 0.25) is 0 Å². The highest BCUT2D eigenvalue weighted by Crippen LogP contribution is 2.46. The lowest BCUT2D eigenvalue weighted by Gasteiger charge is -2.33. The Labute approximate surface area is 93.0 Å². The van der Waals surface area contributed by atoms with Crippen molar-refractivity contribution in [3.05, 3.63) is 11.7 Å². The standard InChI is InChI=1S/C12H19F2N/c1-9(2)6-12-4-3-5-15(12)8-10(7-12)11(13)14/h9H,3-8H2,1-2H3/t12-/m1/s1/i6D2. The summed E-state index contributed by atoms with van der Waals surface area (Å²) in [6.45, 7) is 4.65. The van der Waals surface area contributed by atoms with Gasteiger partial charge in [0, 0.05) is 20.4 Å². The molecule has 1 nitrogen and oxygen atoms in total. The summed E-state index contributed by atoms with van der Waals surface area (Å²) in [5.74, 6) is -0.162. The molecule has 3 heteroatoms. The summed E-state index contributed by atoms with van der Waals surface area (Å²) < 4.78 is 42.0. The van der Waals surface area contributed by atoms with Crippen molar-refractivity contribution < 1.29 is 11.5 Å². The molecule has 2 fully saturated rings. The lowest BCUT2D eigenvalue weighted by molar-refractivity contribution is 0.163. The summed E-state index contributed by atoms with van der Waals surface area (Å²) in [7, 11) is 0. The Kier molecular flexibility index (Phi) is 2.23. The molecule has 0 aromatic heterocycles. The highest BCUT2D eigenvalue weighted by molar-refractivity contribution is 5.21. The zero-order valence-electron chi connectivity index (χ0n) is 11.3. The van der Waals surface area contributed by atoms with Crippen LogP contribution in [0.3, 0.4) is 0 Å². The smallest absolute Gasteiger partial charge is 0.270 e. The van der Waals surface area contributed by atoms with Crippen LogP contribution in [0.1, 0.15) is 42.2 Å². The fourth-order valence-electron chi connectivity index (χ4n) is 2.88. The molecule has 0 aromatic rings. The zero-order valence-corrected chi connectivity index (χ0v) is 9.32. The maximum Gasteiger partial charge on any atom is 0.270 e. The minimum atomic E-state index is -1.61. The molecule has 15 heavy (non-hydrogen) atoms. The normalized spacial score (nSPS) is 34.3. The Hall–Kier alpha value is -0.440. The van der Waals surface area contributed by atoms with Crippen molar-refractivity contribution in [2.45, 2.75) is 45.0 Å². The van der Waals surface area contributed by atoms with Crippen LogP contribution in [-0.4, -0.2) is 23.5 Å². The molecule has 2 saturated heterocycles. The third-order valence-corrected chi connectivity index (χ3v) is 3.34. The molecule has 2 rings (SSSR count). The van der Waals surface area contributed by atoms with Gasteiger partial charge in [0.15, 0.2) is 0 Å². The third kappa shape index (κ3) is 1.94. The lowest BCUT2D eigenvalue weighted by Crippen LogP contribution is -2.39. The van der Waals surface area contributed by atoms with E-state index < -0.39 is 18.0 Å². The van der Waals surface area contributed by atoms with Crippen LogP contribution in [0.25, 0.3) is 0 Å². The van der Waals surface area contributed by atoms with Crippen LogP contribution in [0.5, 0.6) is 0 Å². The maximum absolute atomic E-state index is 12.7. The molecule has 0 unspecified atom stereocenters. The van der Waals surface area contributed by atoms with Crippen LogP contribution in [0.15, 0.2) is 11.7 Å². The second kappa shape index (κ2) is 3.85. The molecular weight excluding hydrogens is 196 g/mol. The van der Waals surface area contributed by atoms with Gasteiger partial charge in [-0.15, -0.1) is 0 Å². The predicted molar refractivity (Wildman–Crippen MR) is 56.9 cm³/mol. The molecule has 0 spiro atoms. The van der Waals surface area contributed by atoms with Crippen molar-refractivity contribution in [2.75, 3.05) is 13.1 Å². The second-order valence-corrected chi connectivity index (χ2v) is 4.90. The molecule has 0 aromatic carbocycles. The van der Waals surface area contributed by atoms with Crippen molar-refractivity contribution in [1.82, 2.24) is 4.90 Å². The predicted octanol–water partition coefficient (Wildman–Crippen LogP) is 3.42. The van der Waals surface area contributed by atoms with Gasteiger partial charge in [0.05, 0.1) is 0 Å². The number of hydrogen-bond donors (Lipinski definition) is 0. The lowest BCUT2D eigenvalue weighted by atomic mass is 9.84. The van der Waals surface area contributed by atoms with Crippen LogP contribution in [0.2, 0.25) is 0 Å². The molecule has 0 saturated carbocycles. The zero-order chi connectivity index (χ0) is 12.8. The summed E-state index contributed by atoms with van der Waals surface area (Å²) in [5.41, 5.74) is -0.561. The Balaban J connectivity index is 2.38. The van der Waals surface area contributed by atoms with Gasteiger partial charge in [0.25, 0.3) is 6.08 Å². The first-order valence-corrected chi connectivity index (χ1v) is 5.59. The summed E-state index contributed by atoms with van der Waals surface area (Å²) >= 11 is 0. The van der Waals surface area contributed by atoms with E-state index in [1.807, 2.05) is 18.7 Å². The number of rotatable bonds is 2. The van der Waals surface area contributed by atoms with E-state index in [1.54, 1.807) is 0 Å². The van der Waals surface area contributed by atoms with Crippen LogP contribution >= 0.6 is 0 Å². The summed E-state index contributed by atoms with van der Waals surface area (Å²) in [6, 6.07) is 0. The maximum atomic E-state index is 12.7. The molecule has 0 amide bonds. The number of halogens is 2. The van der Waals surface area contributed by atoms with Crippen molar-refractivity contribution >= 4 is 0 Å². The van der Waals surface area contributed by atoms with E-state index in [0.717, 1.165) is 13.0 Å². The quantitative estimate of drug-likeness (QED) is 0.685. The Morgan fingerprint density at radius 2 is 2.33 bits per heavy atom. The Bertz CT molecular complexity index is 350. The minimum absolute atomic E-state index is 0.134. The molecule has 1 atom stereocenters. The van der Waals surface area contributed by atoms with Crippen molar-refractivity contribution in [3.63, 3.8) is 0 Å². The summed E-state index contributed by atoms with van der Waals surface area (Å²) in [5, 5.41) is 0. The minimum Gasteiger partial charge on any atom is -0.293 e. The molecule has 86 valence electrons. The Morgan fingerprint density at radius 3 is 2.93 bits per heavy atom. The first kappa shape index (κ1) is 8.68. The van der Waals surface area contributed by atoms with Gasteiger partial charge in [-0.05, 0) is 38.1 Å². The first-order chi connectivity index (χ1) is 7.81. The van der Waals surface area contributed by atoms with Crippen molar-refractivity contribution in [1.29, 1.82) is 0 Å². The fraction of sp³-hybridized carbons (Fsp3) is 0.833. The topological polar surface area (TPSA) is 3.24 Å². The number of hydrogen-bond acceptors (Lipinski definition) is 1. The van der Waals surface area contributed by atoms with Crippen molar-refractivity contribution in [3.8, 4) is 0 Å². The highest BCUT2D eigenvalue weighted by atomic mass is 19.3. The first-order valence-electron chi connectivity index (χ1n) is 6.59. The number of nitrogens with zero attached hydrogens (tertiary/aromatic N) is 1.